The standard InChI is InChI=1S/C8H16FN/c1-6(2)7-3-4-10-5-8(7)9/h6-8,10H,3-5H2,1-2H3/t7-,8+/m1/s1. The third kappa shape index (κ3) is 1.69. The van der Waals surface area contributed by atoms with Gasteiger partial charge < -0.3 is 5.32 Å². The number of piperidine rings is 1. The minimum atomic E-state index is -0.617. The second-order valence-corrected chi connectivity index (χ2v) is 3.42. The highest BCUT2D eigenvalue weighted by Gasteiger charge is 2.26. The molecular weight excluding hydrogens is 129 g/mol. The molecule has 1 fully saturated rings. The van der Waals surface area contributed by atoms with Gasteiger partial charge in [0.2, 0.25) is 0 Å². The summed E-state index contributed by atoms with van der Waals surface area (Å²) in [5.41, 5.74) is 0. The van der Waals surface area contributed by atoms with Crippen LogP contribution in [0.1, 0.15) is 20.3 Å². The molecule has 1 aliphatic heterocycles. The van der Waals surface area contributed by atoms with E-state index in [1.54, 1.807) is 0 Å². The maximum absolute atomic E-state index is 13.0. The summed E-state index contributed by atoms with van der Waals surface area (Å²) in [7, 11) is 0. The van der Waals surface area contributed by atoms with Gasteiger partial charge in [0, 0.05) is 6.54 Å². The largest absolute Gasteiger partial charge is 0.314 e. The molecule has 1 aliphatic rings. The Balaban J connectivity index is 2.40. The summed E-state index contributed by atoms with van der Waals surface area (Å²) in [4.78, 5) is 0. The van der Waals surface area contributed by atoms with E-state index in [2.05, 4.69) is 19.2 Å². The Hall–Kier alpha value is -0.110. The first-order valence-electron chi connectivity index (χ1n) is 4.06. The second-order valence-electron chi connectivity index (χ2n) is 3.42. The van der Waals surface area contributed by atoms with Crippen molar-refractivity contribution in [1.29, 1.82) is 0 Å². The molecule has 0 aromatic rings. The van der Waals surface area contributed by atoms with Gasteiger partial charge >= 0.3 is 0 Å². The molecule has 0 saturated carbocycles. The normalized spacial score (nSPS) is 34.8. The summed E-state index contributed by atoms with van der Waals surface area (Å²) in [6.07, 6.45) is 0.382. The Morgan fingerprint density at radius 2 is 2.20 bits per heavy atom. The molecular formula is C8H16FN. The number of hydrogen-bond donors (Lipinski definition) is 1. The van der Waals surface area contributed by atoms with Crippen molar-refractivity contribution in [3.63, 3.8) is 0 Å². The van der Waals surface area contributed by atoms with Gasteiger partial charge in [-0.05, 0) is 24.8 Å². The van der Waals surface area contributed by atoms with E-state index in [9.17, 15) is 4.39 Å². The molecule has 0 aromatic heterocycles. The molecule has 1 rings (SSSR count). The molecule has 1 nitrogen and oxygen atoms in total. The summed E-state index contributed by atoms with van der Waals surface area (Å²) in [5, 5.41) is 3.04. The van der Waals surface area contributed by atoms with E-state index in [1.807, 2.05) is 0 Å². The molecule has 60 valence electrons. The molecule has 0 aliphatic carbocycles. The highest BCUT2D eigenvalue weighted by molar-refractivity contribution is 4.79. The van der Waals surface area contributed by atoms with Crippen LogP contribution >= 0.6 is 0 Å². The Kier molecular flexibility index (Phi) is 2.66. The van der Waals surface area contributed by atoms with Crippen LogP contribution in [0.4, 0.5) is 4.39 Å². The number of alkyl halides is 1. The molecule has 0 spiro atoms. The number of halogens is 1. The van der Waals surface area contributed by atoms with Crippen molar-refractivity contribution in [2.24, 2.45) is 11.8 Å². The van der Waals surface area contributed by atoms with Crippen LogP contribution in [-0.4, -0.2) is 19.3 Å². The van der Waals surface area contributed by atoms with Gasteiger partial charge in [-0.15, -0.1) is 0 Å². The predicted octanol–water partition coefficient (Wildman–Crippen LogP) is 1.59. The maximum atomic E-state index is 13.0. The lowest BCUT2D eigenvalue weighted by molar-refractivity contribution is 0.140. The Bertz CT molecular complexity index is 103. The lowest BCUT2D eigenvalue weighted by atomic mass is 9.86. The molecule has 0 bridgehead atoms. The zero-order valence-electron chi connectivity index (χ0n) is 6.73. The van der Waals surface area contributed by atoms with Gasteiger partial charge in [0.05, 0.1) is 0 Å². The monoisotopic (exact) mass is 145 g/mol. The van der Waals surface area contributed by atoms with E-state index in [1.165, 1.54) is 0 Å². The predicted molar refractivity (Wildman–Crippen MR) is 40.7 cm³/mol. The van der Waals surface area contributed by atoms with Gasteiger partial charge in [-0.1, -0.05) is 13.8 Å². The fourth-order valence-electron chi connectivity index (χ4n) is 1.59. The first-order valence-corrected chi connectivity index (χ1v) is 4.06. The number of hydrogen-bond acceptors (Lipinski definition) is 1. The summed E-state index contributed by atoms with van der Waals surface area (Å²) in [6, 6.07) is 0. The SMILES string of the molecule is CC(C)[C@H]1CCNC[C@@H]1F. The van der Waals surface area contributed by atoms with Gasteiger partial charge in [0.25, 0.3) is 0 Å². The highest BCUT2D eigenvalue weighted by atomic mass is 19.1. The topological polar surface area (TPSA) is 12.0 Å². The second kappa shape index (κ2) is 3.33. The van der Waals surface area contributed by atoms with Crippen molar-refractivity contribution in [2.45, 2.75) is 26.4 Å². The van der Waals surface area contributed by atoms with Crippen LogP contribution in [0.15, 0.2) is 0 Å². The Morgan fingerprint density at radius 1 is 1.50 bits per heavy atom. The zero-order chi connectivity index (χ0) is 7.56. The average Bonchev–Trinajstić information content (AvgIpc) is 1.88. The summed E-state index contributed by atoms with van der Waals surface area (Å²) in [5.74, 6) is 0.790. The molecule has 10 heavy (non-hydrogen) atoms. The molecule has 0 radical (unpaired) electrons. The third-order valence-corrected chi connectivity index (χ3v) is 2.31. The number of rotatable bonds is 1. The van der Waals surface area contributed by atoms with Gasteiger partial charge in [0.15, 0.2) is 0 Å². The summed E-state index contributed by atoms with van der Waals surface area (Å²) < 4.78 is 13.0. The Labute approximate surface area is 62.0 Å². The van der Waals surface area contributed by atoms with Crippen molar-refractivity contribution in [2.75, 3.05) is 13.1 Å². The smallest absolute Gasteiger partial charge is 0.116 e. The van der Waals surface area contributed by atoms with Gasteiger partial charge in [-0.3, -0.25) is 0 Å². The lowest BCUT2D eigenvalue weighted by Gasteiger charge is -2.29. The van der Waals surface area contributed by atoms with Crippen LogP contribution in [0.5, 0.6) is 0 Å². The van der Waals surface area contributed by atoms with Crippen LogP contribution in [0.2, 0.25) is 0 Å². The van der Waals surface area contributed by atoms with Crippen LogP contribution in [0.3, 0.4) is 0 Å². The first kappa shape index (κ1) is 7.99. The van der Waals surface area contributed by atoms with E-state index in [-0.39, 0.29) is 0 Å². The van der Waals surface area contributed by atoms with E-state index < -0.39 is 6.17 Å². The fourth-order valence-corrected chi connectivity index (χ4v) is 1.59. The Morgan fingerprint density at radius 3 is 2.60 bits per heavy atom. The van der Waals surface area contributed by atoms with Gasteiger partial charge in [-0.25, -0.2) is 4.39 Å². The average molecular weight is 145 g/mol. The third-order valence-electron chi connectivity index (χ3n) is 2.31. The van der Waals surface area contributed by atoms with E-state index in [4.69, 9.17) is 0 Å². The van der Waals surface area contributed by atoms with Crippen molar-refractivity contribution in [3.8, 4) is 0 Å². The van der Waals surface area contributed by atoms with E-state index >= 15 is 0 Å². The van der Waals surface area contributed by atoms with Crippen molar-refractivity contribution >= 4 is 0 Å². The molecule has 0 amide bonds. The fraction of sp³-hybridized carbons (Fsp3) is 1.00. The maximum Gasteiger partial charge on any atom is 0.116 e. The minimum absolute atomic E-state index is 0.293. The molecule has 0 aromatic carbocycles. The summed E-state index contributed by atoms with van der Waals surface area (Å²) in [6.45, 7) is 5.75. The zero-order valence-corrected chi connectivity index (χ0v) is 6.73. The minimum Gasteiger partial charge on any atom is -0.314 e. The van der Waals surface area contributed by atoms with Crippen LogP contribution < -0.4 is 5.32 Å². The highest BCUT2D eigenvalue weighted by Crippen LogP contribution is 2.23. The number of nitrogens with one attached hydrogen (secondary N) is 1. The molecule has 2 atom stereocenters. The molecule has 1 heterocycles. The van der Waals surface area contributed by atoms with Gasteiger partial charge in [-0.2, -0.15) is 0 Å². The van der Waals surface area contributed by atoms with Crippen LogP contribution in [0, 0.1) is 11.8 Å². The molecule has 2 heteroatoms. The van der Waals surface area contributed by atoms with Crippen LogP contribution in [-0.2, 0) is 0 Å². The van der Waals surface area contributed by atoms with Gasteiger partial charge in [0.1, 0.15) is 6.17 Å². The molecule has 0 unspecified atom stereocenters. The quantitative estimate of drug-likeness (QED) is 0.591. The van der Waals surface area contributed by atoms with Crippen LogP contribution in [0.25, 0.3) is 0 Å². The molecule has 1 N–H and O–H groups in total. The van der Waals surface area contributed by atoms with E-state index in [0.29, 0.717) is 18.4 Å². The lowest BCUT2D eigenvalue weighted by Crippen LogP contribution is -2.40. The van der Waals surface area contributed by atoms with Crippen molar-refractivity contribution in [3.05, 3.63) is 0 Å². The first-order chi connectivity index (χ1) is 4.72. The van der Waals surface area contributed by atoms with E-state index in [0.717, 1.165) is 13.0 Å². The molecule has 1 saturated heterocycles. The van der Waals surface area contributed by atoms with Crippen molar-refractivity contribution < 1.29 is 4.39 Å². The van der Waals surface area contributed by atoms with Crippen molar-refractivity contribution in [1.82, 2.24) is 5.32 Å². The summed E-state index contributed by atoms with van der Waals surface area (Å²) >= 11 is 0.